The monoisotopic (exact) mass is 437 g/mol. The van der Waals surface area contributed by atoms with Gasteiger partial charge in [0.25, 0.3) is 5.19 Å². The first-order valence-electron chi connectivity index (χ1n) is 8.81. The van der Waals surface area contributed by atoms with Crippen molar-refractivity contribution in [3.05, 3.63) is 21.1 Å². The molecule has 1 saturated carbocycles. The number of nitrogens with two attached hydrogens (primary N) is 1. The molecule has 0 radical (unpaired) electrons. The molecular weight excluding hydrogens is 418 g/mol. The summed E-state index contributed by atoms with van der Waals surface area (Å²) in [6.45, 7) is 0. The van der Waals surface area contributed by atoms with Crippen molar-refractivity contribution in [2.24, 2.45) is 0 Å². The van der Waals surface area contributed by atoms with Crippen molar-refractivity contribution >= 4 is 50.2 Å². The summed E-state index contributed by atoms with van der Waals surface area (Å²) in [4.78, 5) is 16.4. The summed E-state index contributed by atoms with van der Waals surface area (Å²) in [5.74, 6) is 0.506. The zero-order valence-electron chi connectivity index (χ0n) is 15.1. The Hall–Kier alpha value is -2.18. The maximum absolute atomic E-state index is 12.2. The third-order valence-electron chi connectivity index (χ3n) is 4.56. The molecule has 3 heterocycles. The minimum Gasteiger partial charge on any atom is -0.473 e. The van der Waals surface area contributed by atoms with Crippen molar-refractivity contribution < 1.29 is 9.53 Å². The second-order valence-electron chi connectivity index (χ2n) is 6.52. The van der Waals surface area contributed by atoms with Gasteiger partial charge < -0.3 is 15.8 Å². The number of nitrogen functional groups attached to an aromatic ring is 1. The molecule has 3 N–H and O–H groups in total. The number of hydrogen-bond acceptors (Lipinski definition) is 11. The lowest BCUT2D eigenvalue weighted by molar-refractivity contribution is -0.115. The zero-order valence-corrected chi connectivity index (χ0v) is 17.6. The average molecular weight is 438 g/mol. The molecule has 1 fully saturated rings. The number of aromatic nitrogens is 5. The minimum absolute atomic E-state index is 0.165. The highest BCUT2D eigenvalue weighted by molar-refractivity contribution is 7.15. The molecule has 9 nitrogen and oxygen atoms in total. The van der Waals surface area contributed by atoms with Crippen molar-refractivity contribution in [3.8, 4) is 5.19 Å². The Morgan fingerprint density at radius 3 is 2.64 bits per heavy atom. The van der Waals surface area contributed by atoms with E-state index < -0.39 is 0 Å². The largest absolute Gasteiger partial charge is 0.473 e. The summed E-state index contributed by atoms with van der Waals surface area (Å²) < 4.78 is 5.05. The van der Waals surface area contributed by atoms with Gasteiger partial charge in [-0.15, -0.1) is 20.4 Å². The van der Waals surface area contributed by atoms with Crippen LogP contribution < -0.4 is 15.8 Å². The van der Waals surface area contributed by atoms with Crippen LogP contribution in [-0.2, 0) is 11.2 Å². The third kappa shape index (κ3) is 4.45. The van der Waals surface area contributed by atoms with E-state index in [0.29, 0.717) is 33.0 Å². The van der Waals surface area contributed by atoms with E-state index in [1.54, 1.807) is 7.11 Å². The molecule has 28 heavy (non-hydrogen) atoms. The van der Waals surface area contributed by atoms with Crippen LogP contribution in [0.5, 0.6) is 5.19 Å². The number of ether oxygens (including phenoxy) is 1. The molecule has 3 aromatic heterocycles. The van der Waals surface area contributed by atoms with E-state index >= 15 is 0 Å². The fourth-order valence-electron chi connectivity index (χ4n) is 3.29. The first-order chi connectivity index (χ1) is 13.6. The molecule has 0 spiro atoms. The molecule has 0 bridgehead atoms. The lowest BCUT2D eigenvalue weighted by Crippen LogP contribution is -2.14. The van der Waals surface area contributed by atoms with Crippen LogP contribution in [0.15, 0.2) is 5.38 Å². The molecule has 0 aromatic carbocycles. The van der Waals surface area contributed by atoms with Crippen LogP contribution in [0, 0.1) is 0 Å². The van der Waals surface area contributed by atoms with Gasteiger partial charge in [0.2, 0.25) is 16.2 Å². The van der Waals surface area contributed by atoms with Gasteiger partial charge in [0.1, 0.15) is 10.0 Å². The molecule has 148 valence electrons. The van der Waals surface area contributed by atoms with Crippen molar-refractivity contribution in [2.45, 2.75) is 43.9 Å². The minimum atomic E-state index is -0.165. The number of nitrogens with one attached hydrogen (secondary N) is 1. The Balaban J connectivity index is 1.36. The van der Waals surface area contributed by atoms with Crippen molar-refractivity contribution in [2.75, 3.05) is 18.2 Å². The molecule has 2 unspecified atom stereocenters. The first-order valence-corrected chi connectivity index (χ1v) is 11.3. The van der Waals surface area contributed by atoms with Crippen molar-refractivity contribution in [1.29, 1.82) is 0 Å². The fraction of sp³-hybridized carbons (Fsp3) is 0.500. The maximum Gasteiger partial charge on any atom is 0.273 e. The van der Waals surface area contributed by atoms with E-state index in [-0.39, 0.29) is 12.3 Å². The molecule has 0 aliphatic heterocycles. The van der Waals surface area contributed by atoms with Crippen LogP contribution in [0.3, 0.4) is 0 Å². The molecule has 2 atom stereocenters. The van der Waals surface area contributed by atoms with Crippen LogP contribution in [-0.4, -0.2) is 38.4 Å². The second kappa shape index (κ2) is 8.45. The van der Waals surface area contributed by atoms with Gasteiger partial charge in [0.15, 0.2) is 0 Å². The zero-order chi connectivity index (χ0) is 19.5. The number of thiazole rings is 1. The van der Waals surface area contributed by atoms with E-state index in [4.69, 9.17) is 10.5 Å². The van der Waals surface area contributed by atoms with Gasteiger partial charge in [0, 0.05) is 17.2 Å². The Kier molecular flexibility index (Phi) is 5.78. The van der Waals surface area contributed by atoms with Gasteiger partial charge >= 0.3 is 0 Å². The number of methoxy groups -OCH3 is 1. The summed E-state index contributed by atoms with van der Waals surface area (Å²) in [6.07, 6.45) is 4.38. The number of rotatable bonds is 6. The van der Waals surface area contributed by atoms with E-state index in [2.05, 4.69) is 30.7 Å². The molecule has 1 aliphatic carbocycles. The van der Waals surface area contributed by atoms with Gasteiger partial charge in [0.05, 0.1) is 19.2 Å². The highest BCUT2D eigenvalue weighted by atomic mass is 32.1. The predicted octanol–water partition coefficient (Wildman–Crippen LogP) is 3.06. The Morgan fingerprint density at radius 2 is 1.96 bits per heavy atom. The van der Waals surface area contributed by atoms with Crippen LogP contribution in [0.25, 0.3) is 0 Å². The summed E-state index contributed by atoms with van der Waals surface area (Å²) in [5, 5.41) is 24.7. The number of carbonyl (C=O) groups is 1. The van der Waals surface area contributed by atoms with E-state index in [1.165, 1.54) is 34.0 Å². The van der Waals surface area contributed by atoms with Crippen molar-refractivity contribution in [1.82, 2.24) is 25.4 Å². The number of anilines is 2. The lowest BCUT2D eigenvalue weighted by atomic mass is 9.82. The smallest absolute Gasteiger partial charge is 0.273 e. The summed E-state index contributed by atoms with van der Waals surface area (Å²) in [6, 6.07) is 0. The predicted molar refractivity (Wildman–Crippen MR) is 109 cm³/mol. The third-order valence-corrected chi connectivity index (χ3v) is 7.33. The summed E-state index contributed by atoms with van der Waals surface area (Å²) >= 11 is 4.26. The Labute approximate surface area is 173 Å². The lowest BCUT2D eigenvalue weighted by Gasteiger charge is -2.25. The quantitative estimate of drug-likeness (QED) is 0.602. The van der Waals surface area contributed by atoms with Gasteiger partial charge in [-0.1, -0.05) is 40.4 Å². The number of hydrogen-bond donors (Lipinski definition) is 2. The Morgan fingerprint density at radius 1 is 1.21 bits per heavy atom. The first kappa shape index (κ1) is 19.2. The summed E-state index contributed by atoms with van der Waals surface area (Å²) in [7, 11) is 1.56. The van der Waals surface area contributed by atoms with Crippen LogP contribution in [0.4, 0.5) is 10.3 Å². The standard InChI is InChI=1S/C16H19N7O2S3/c1-25-16-18-10(7-26-16)6-11(24)19-15-23-21-13(28-15)9-4-2-3-8(5-9)12-20-22-14(17)27-12/h7-9H,2-6H2,1H3,(H2,17,22)(H,19,23,24). The van der Waals surface area contributed by atoms with E-state index in [0.717, 1.165) is 35.7 Å². The second-order valence-corrected chi connectivity index (χ2v) is 9.39. The molecule has 12 heteroatoms. The van der Waals surface area contributed by atoms with Crippen LogP contribution in [0.1, 0.15) is 53.2 Å². The Bertz CT molecular complexity index is 954. The number of nitrogens with zero attached hydrogens (tertiary/aromatic N) is 5. The maximum atomic E-state index is 12.2. The van der Waals surface area contributed by atoms with Gasteiger partial charge in [-0.2, -0.15) is 0 Å². The highest BCUT2D eigenvalue weighted by Gasteiger charge is 2.29. The van der Waals surface area contributed by atoms with Gasteiger partial charge in [-0.3, -0.25) is 4.79 Å². The van der Waals surface area contributed by atoms with E-state index in [1.807, 2.05) is 5.38 Å². The normalized spacial score (nSPS) is 19.5. The molecule has 4 rings (SSSR count). The van der Waals surface area contributed by atoms with Gasteiger partial charge in [-0.05, 0) is 19.3 Å². The molecule has 0 saturated heterocycles. The fourth-order valence-corrected chi connectivity index (χ4v) is 5.60. The SMILES string of the molecule is COc1nc(CC(=O)Nc2nnc(C3CCCC(c4nnc(N)s4)C3)s2)cs1. The van der Waals surface area contributed by atoms with Crippen molar-refractivity contribution in [3.63, 3.8) is 0 Å². The molecule has 1 amide bonds. The highest BCUT2D eigenvalue weighted by Crippen LogP contribution is 2.43. The summed E-state index contributed by atoms with van der Waals surface area (Å²) in [5.41, 5.74) is 6.40. The van der Waals surface area contributed by atoms with Crippen LogP contribution in [0.2, 0.25) is 0 Å². The number of amides is 1. The van der Waals surface area contributed by atoms with E-state index in [9.17, 15) is 4.79 Å². The molecular formula is C16H19N7O2S3. The topological polar surface area (TPSA) is 129 Å². The van der Waals surface area contributed by atoms with Crippen LogP contribution >= 0.6 is 34.0 Å². The molecule has 1 aliphatic rings. The van der Waals surface area contributed by atoms with Gasteiger partial charge in [-0.25, -0.2) is 4.98 Å². The molecule has 3 aromatic rings. The number of carbonyl (C=O) groups excluding carboxylic acids is 1. The average Bonchev–Trinajstić information content (AvgIpc) is 3.43.